The minimum atomic E-state index is -0.614. The number of carbonyl (C=O) groups is 2. The predicted octanol–water partition coefficient (Wildman–Crippen LogP) is 6.30. The molecule has 0 bridgehead atoms. The van der Waals surface area contributed by atoms with Crippen LogP contribution in [0.25, 0.3) is 22.2 Å². The van der Waals surface area contributed by atoms with Crippen molar-refractivity contribution in [2.24, 2.45) is 5.41 Å². The number of ether oxygens (including phenoxy) is 2. The molecule has 1 N–H and O–H groups in total. The first kappa shape index (κ1) is 28.1. The highest BCUT2D eigenvalue weighted by Gasteiger charge is 2.55. The molecule has 40 heavy (non-hydrogen) atoms. The maximum absolute atomic E-state index is 13.8. The summed E-state index contributed by atoms with van der Waals surface area (Å²) in [6, 6.07) is 6.60. The zero-order chi connectivity index (χ0) is 29.0. The minimum Gasteiger partial charge on any atom is -0.444 e. The number of rotatable bonds is 4. The van der Waals surface area contributed by atoms with Gasteiger partial charge in [0.2, 0.25) is 5.91 Å². The van der Waals surface area contributed by atoms with Gasteiger partial charge >= 0.3 is 6.09 Å². The van der Waals surface area contributed by atoms with Gasteiger partial charge in [0, 0.05) is 50.1 Å². The van der Waals surface area contributed by atoms with E-state index in [-0.39, 0.29) is 24.0 Å². The van der Waals surface area contributed by atoms with Gasteiger partial charge in [-0.2, -0.15) is 0 Å². The van der Waals surface area contributed by atoms with Crippen molar-refractivity contribution < 1.29 is 19.1 Å². The Morgan fingerprint density at radius 2 is 1.82 bits per heavy atom. The van der Waals surface area contributed by atoms with E-state index in [0.29, 0.717) is 19.6 Å². The fourth-order valence-corrected chi connectivity index (χ4v) is 6.58. The monoisotopic (exact) mass is 546 g/mol. The highest BCUT2D eigenvalue weighted by molar-refractivity contribution is 5.85. The van der Waals surface area contributed by atoms with Crippen molar-refractivity contribution in [2.45, 2.75) is 85.5 Å². The lowest BCUT2D eigenvalue weighted by molar-refractivity contribution is -0.135. The Morgan fingerprint density at radius 1 is 1.07 bits per heavy atom. The number of carbonyl (C=O) groups excluding carboxylic acids is 2. The highest BCUT2D eigenvalue weighted by Crippen LogP contribution is 2.54. The molecule has 3 aromatic rings. The van der Waals surface area contributed by atoms with E-state index < -0.39 is 11.1 Å². The Labute approximate surface area is 237 Å². The fraction of sp³-hybridized carbons (Fsp3) is 0.531. The molecule has 5 rings (SSSR count). The molecule has 0 saturated carbocycles. The maximum atomic E-state index is 13.8. The molecule has 0 spiro atoms. The van der Waals surface area contributed by atoms with Gasteiger partial charge in [0.1, 0.15) is 17.9 Å². The summed E-state index contributed by atoms with van der Waals surface area (Å²) in [7, 11) is 1.54. The molecule has 8 nitrogen and oxygen atoms in total. The Kier molecular flexibility index (Phi) is 6.97. The number of hydrogen-bond donors (Lipinski definition) is 1. The van der Waals surface area contributed by atoms with Gasteiger partial charge in [0.05, 0.1) is 5.54 Å². The second kappa shape index (κ2) is 9.91. The summed E-state index contributed by atoms with van der Waals surface area (Å²) in [5.41, 5.74) is 5.81. The Balaban J connectivity index is 1.72. The molecule has 4 heterocycles. The van der Waals surface area contributed by atoms with Gasteiger partial charge in [-0.3, -0.25) is 9.69 Å². The smallest absolute Gasteiger partial charge is 0.411 e. The van der Waals surface area contributed by atoms with E-state index in [1.807, 2.05) is 43.0 Å². The Morgan fingerprint density at radius 3 is 2.50 bits per heavy atom. The van der Waals surface area contributed by atoms with E-state index in [1.54, 1.807) is 7.11 Å². The second-order valence-electron chi connectivity index (χ2n) is 13.3. The molecule has 2 aliphatic rings. The summed E-state index contributed by atoms with van der Waals surface area (Å²) < 4.78 is 11.1. The Bertz CT molecular complexity index is 1460. The number of likely N-dealkylation sites (tertiary alicyclic amines) is 1. The van der Waals surface area contributed by atoms with Crippen LogP contribution < -0.4 is 0 Å². The van der Waals surface area contributed by atoms with Crippen molar-refractivity contribution in [1.29, 1.82) is 0 Å². The van der Waals surface area contributed by atoms with E-state index in [4.69, 9.17) is 14.5 Å². The first-order chi connectivity index (χ1) is 18.7. The third-order valence-electron chi connectivity index (χ3n) is 8.43. The van der Waals surface area contributed by atoms with E-state index in [0.717, 1.165) is 57.3 Å². The third-order valence-corrected chi connectivity index (χ3v) is 8.43. The summed E-state index contributed by atoms with van der Waals surface area (Å²) in [5, 5.41) is 1.08. The van der Waals surface area contributed by atoms with Gasteiger partial charge in [-0.1, -0.05) is 20.8 Å². The summed E-state index contributed by atoms with van der Waals surface area (Å²) in [6.45, 7) is 16.0. The van der Waals surface area contributed by atoms with E-state index in [2.05, 4.69) is 50.9 Å². The van der Waals surface area contributed by atoms with Crippen molar-refractivity contribution in [3.05, 3.63) is 52.8 Å². The number of aromatic nitrogens is 2. The topological polar surface area (TPSA) is 87.8 Å². The van der Waals surface area contributed by atoms with Gasteiger partial charge < -0.3 is 19.4 Å². The van der Waals surface area contributed by atoms with Crippen LogP contribution >= 0.6 is 0 Å². The lowest BCUT2D eigenvalue weighted by Crippen LogP contribution is -2.54. The SMILES string of the molecule is COCC(=O)N1Cc2cc(-c3cnc4[nH]cc(C)c4c3)cc([C@@]3(C(C)(C)C)CCCN3C(=O)OC(C)(C)C)c2C1. The number of hydrogen-bond acceptors (Lipinski definition) is 5. The molecule has 214 valence electrons. The average molecular weight is 547 g/mol. The van der Waals surface area contributed by atoms with Crippen LogP contribution in [0.2, 0.25) is 0 Å². The standard InChI is InChI=1S/C32H42N4O4/c1-20-15-33-28-24(20)13-22(16-34-28)21-12-23-17-35(27(37)19-39-8)18-25(23)26(14-21)32(30(2,3)4)10-9-11-36(32)29(38)40-31(5,6)7/h12-16H,9-11,17-19H2,1-8H3,(H,33,34)/t32-/m1/s1. The quantitative estimate of drug-likeness (QED) is 0.415. The summed E-state index contributed by atoms with van der Waals surface area (Å²) in [6.07, 6.45) is 5.26. The number of nitrogens with one attached hydrogen (secondary N) is 1. The average Bonchev–Trinajstić information content (AvgIpc) is 3.59. The number of fused-ring (bicyclic) bond motifs is 2. The van der Waals surface area contributed by atoms with Crippen LogP contribution in [0.3, 0.4) is 0 Å². The van der Waals surface area contributed by atoms with Crippen molar-refractivity contribution in [1.82, 2.24) is 19.8 Å². The van der Waals surface area contributed by atoms with Gasteiger partial charge in [-0.15, -0.1) is 0 Å². The molecule has 0 aliphatic carbocycles. The number of benzene rings is 1. The molecule has 1 saturated heterocycles. The van der Waals surface area contributed by atoms with Crippen LogP contribution in [-0.4, -0.2) is 57.6 Å². The molecular weight excluding hydrogens is 504 g/mol. The van der Waals surface area contributed by atoms with Crippen molar-refractivity contribution >= 4 is 23.0 Å². The van der Waals surface area contributed by atoms with E-state index in [9.17, 15) is 9.59 Å². The van der Waals surface area contributed by atoms with Crippen molar-refractivity contribution in [3.63, 3.8) is 0 Å². The molecular formula is C32H42N4O4. The highest BCUT2D eigenvalue weighted by atomic mass is 16.6. The van der Waals surface area contributed by atoms with Crippen LogP contribution in [-0.2, 0) is 32.9 Å². The fourth-order valence-electron chi connectivity index (χ4n) is 6.58. The summed E-state index contributed by atoms with van der Waals surface area (Å²) in [5.74, 6) is -0.0440. The number of amides is 2. The van der Waals surface area contributed by atoms with Gasteiger partial charge in [0.15, 0.2) is 0 Å². The molecule has 1 atom stereocenters. The lowest BCUT2D eigenvalue weighted by Gasteiger charge is -2.49. The number of pyridine rings is 1. The molecule has 8 heteroatoms. The van der Waals surface area contributed by atoms with Crippen LogP contribution in [0, 0.1) is 12.3 Å². The zero-order valence-corrected chi connectivity index (χ0v) is 25.1. The second-order valence-corrected chi connectivity index (χ2v) is 13.3. The number of aryl methyl sites for hydroxylation is 1. The van der Waals surface area contributed by atoms with Gasteiger partial charge in [0.25, 0.3) is 0 Å². The first-order valence-corrected chi connectivity index (χ1v) is 14.1. The lowest BCUT2D eigenvalue weighted by atomic mass is 9.66. The number of H-pyrrole nitrogens is 1. The van der Waals surface area contributed by atoms with Crippen LogP contribution in [0.5, 0.6) is 0 Å². The van der Waals surface area contributed by atoms with Gasteiger partial charge in [-0.25, -0.2) is 9.78 Å². The van der Waals surface area contributed by atoms with Crippen LogP contribution in [0.1, 0.15) is 76.6 Å². The van der Waals surface area contributed by atoms with Gasteiger partial charge in [-0.05, 0) is 92.0 Å². The third kappa shape index (κ3) is 4.76. The minimum absolute atomic E-state index is 0.0397. The molecule has 2 aliphatic heterocycles. The van der Waals surface area contributed by atoms with Crippen molar-refractivity contribution in [2.75, 3.05) is 20.3 Å². The van der Waals surface area contributed by atoms with E-state index >= 15 is 0 Å². The number of methoxy groups -OCH3 is 1. The largest absolute Gasteiger partial charge is 0.444 e. The summed E-state index contributed by atoms with van der Waals surface area (Å²) in [4.78, 5) is 38.5. The molecule has 1 aromatic carbocycles. The van der Waals surface area contributed by atoms with E-state index in [1.165, 1.54) is 0 Å². The summed E-state index contributed by atoms with van der Waals surface area (Å²) >= 11 is 0. The number of nitrogens with zero attached hydrogens (tertiary/aromatic N) is 3. The van der Waals surface area contributed by atoms with Crippen LogP contribution in [0.15, 0.2) is 30.6 Å². The molecule has 0 radical (unpaired) electrons. The number of aromatic amines is 1. The molecule has 2 amide bonds. The van der Waals surface area contributed by atoms with Crippen molar-refractivity contribution in [3.8, 4) is 11.1 Å². The zero-order valence-electron chi connectivity index (χ0n) is 25.1. The van der Waals surface area contributed by atoms with Crippen LogP contribution in [0.4, 0.5) is 4.79 Å². The Hall–Kier alpha value is -3.39. The normalized spacial score (nSPS) is 19.4. The predicted molar refractivity (Wildman–Crippen MR) is 156 cm³/mol. The first-order valence-electron chi connectivity index (χ1n) is 14.1. The molecule has 1 fully saturated rings. The maximum Gasteiger partial charge on any atom is 0.411 e. The molecule has 0 unspecified atom stereocenters. The molecule has 2 aromatic heterocycles.